The van der Waals surface area contributed by atoms with Crippen LogP contribution in [0.5, 0.6) is 0 Å². The predicted octanol–water partition coefficient (Wildman–Crippen LogP) is 4.00. The normalized spacial score (nSPS) is 11.3. The van der Waals surface area contributed by atoms with Gasteiger partial charge in [-0.1, -0.05) is 6.07 Å². The van der Waals surface area contributed by atoms with E-state index in [2.05, 4.69) is 42.0 Å². The van der Waals surface area contributed by atoms with Crippen LogP contribution in [0.25, 0.3) is 28.2 Å². The van der Waals surface area contributed by atoms with Crippen LogP contribution < -0.4 is 0 Å². The monoisotopic (exact) mass is 304 g/mol. The minimum atomic E-state index is 0.637. The van der Waals surface area contributed by atoms with Crippen LogP contribution in [0.3, 0.4) is 0 Å². The third-order valence-corrected chi connectivity index (χ3v) is 4.24. The highest BCUT2D eigenvalue weighted by molar-refractivity contribution is 5.79. The van der Waals surface area contributed by atoms with Crippen LogP contribution in [0.15, 0.2) is 47.4 Å². The van der Waals surface area contributed by atoms with Gasteiger partial charge in [0.15, 0.2) is 5.58 Å². The lowest BCUT2D eigenvalue weighted by molar-refractivity contribution is 0.619. The Hall–Kier alpha value is -2.95. The van der Waals surface area contributed by atoms with Crippen LogP contribution in [0.2, 0.25) is 0 Å². The molecule has 114 valence electrons. The summed E-state index contributed by atoms with van der Waals surface area (Å²) in [6, 6.07) is 10.1. The molecule has 2 aromatic carbocycles. The fraction of sp³-hybridized carbons (Fsp3) is 0.167. The van der Waals surface area contributed by atoms with Crippen molar-refractivity contribution in [2.45, 2.75) is 20.8 Å². The summed E-state index contributed by atoms with van der Waals surface area (Å²) in [5.41, 5.74) is 7.19. The van der Waals surface area contributed by atoms with Gasteiger partial charge >= 0.3 is 0 Å². The van der Waals surface area contributed by atoms with Gasteiger partial charge in [0.25, 0.3) is 0 Å². The molecule has 0 fully saturated rings. The van der Waals surface area contributed by atoms with E-state index in [-0.39, 0.29) is 0 Å². The first-order chi connectivity index (χ1) is 11.1. The largest absolute Gasteiger partial charge is 0.436 e. The maximum absolute atomic E-state index is 5.99. The molecular formula is C18H16N4O. The lowest BCUT2D eigenvalue weighted by Crippen LogP contribution is -1.96. The van der Waals surface area contributed by atoms with Crippen molar-refractivity contribution in [1.29, 1.82) is 0 Å². The Morgan fingerprint density at radius 3 is 2.48 bits per heavy atom. The number of benzene rings is 2. The van der Waals surface area contributed by atoms with Gasteiger partial charge in [0.2, 0.25) is 5.89 Å². The molecule has 0 saturated carbocycles. The molecule has 5 heteroatoms. The summed E-state index contributed by atoms with van der Waals surface area (Å²) in [5, 5.41) is 7.74. The molecular weight excluding hydrogens is 288 g/mol. The van der Waals surface area contributed by atoms with Crippen LogP contribution in [-0.2, 0) is 0 Å². The van der Waals surface area contributed by atoms with E-state index in [1.807, 2.05) is 28.8 Å². The molecule has 23 heavy (non-hydrogen) atoms. The molecule has 0 aliphatic carbocycles. The van der Waals surface area contributed by atoms with Crippen LogP contribution in [-0.4, -0.2) is 19.7 Å². The van der Waals surface area contributed by atoms with E-state index in [1.165, 1.54) is 11.1 Å². The van der Waals surface area contributed by atoms with Gasteiger partial charge < -0.3 is 4.42 Å². The molecule has 4 aromatic rings. The Labute approximate surface area is 133 Å². The zero-order valence-corrected chi connectivity index (χ0v) is 13.2. The van der Waals surface area contributed by atoms with E-state index >= 15 is 0 Å². The first-order valence-corrected chi connectivity index (χ1v) is 7.46. The molecule has 0 aliphatic heterocycles. The maximum Gasteiger partial charge on any atom is 0.227 e. The second-order valence-electron chi connectivity index (χ2n) is 5.74. The van der Waals surface area contributed by atoms with Crippen molar-refractivity contribution >= 4 is 11.1 Å². The summed E-state index contributed by atoms with van der Waals surface area (Å²) >= 11 is 0. The maximum atomic E-state index is 5.99. The van der Waals surface area contributed by atoms with Crippen molar-refractivity contribution in [3.05, 3.63) is 59.7 Å². The van der Waals surface area contributed by atoms with Crippen molar-refractivity contribution in [2.24, 2.45) is 0 Å². The summed E-state index contributed by atoms with van der Waals surface area (Å²) in [5.74, 6) is 0.637. The number of rotatable bonds is 2. The van der Waals surface area contributed by atoms with Crippen LogP contribution >= 0.6 is 0 Å². The smallest absolute Gasteiger partial charge is 0.227 e. The second kappa shape index (κ2) is 5.05. The summed E-state index contributed by atoms with van der Waals surface area (Å²) in [6.07, 6.45) is 3.37. The summed E-state index contributed by atoms with van der Waals surface area (Å²) in [6.45, 7) is 6.21. The molecule has 0 bridgehead atoms. The average Bonchev–Trinajstić information content (AvgIpc) is 3.17. The zero-order chi connectivity index (χ0) is 16.0. The Balaban J connectivity index is 1.89. The number of aryl methyl sites for hydroxylation is 2. The number of fused-ring (bicyclic) bond motifs is 1. The molecule has 2 heterocycles. The van der Waals surface area contributed by atoms with Gasteiger partial charge in [-0.25, -0.2) is 4.98 Å². The predicted molar refractivity (Wildman–Crippen MR) is 88.6 cm³/mol. The van der Waals surface area contributed by atoms with Crippen molar-refractivity contribution in [3.63, 3.8) is 0 Å². The second-order valence-corrected chi connectivity index (χ2v) is 5.74. The third kappa shape index (κ3) is 2.21. The molecule has 0 atom stereocenters. The van der Waals surface area contributed by atoms with E-state index in [1.54, 1.807) is 12.7 Å². The Morgan fingerprint density at radius 2 is 1.70 bits per heavy atom. The molecule has 0 radical (unpaired) electrons. The van der Waals surface area contributed by atoms with E-state index in [4.69, 9.17) is 4.42 Å². The molecule has 4 rings (SSSR count). The summed E-state index contributed by atoms with van der Waals surface area (Å²) in [4.78, 5) is 4.66. The van der Waals surface area contributed by atoms with Gasteiger partial charge in [0.05, 0.1) is 5.69 Å². The molecule has 0 saturated heterocycles. The fourth-order valence-electron chi connectivity index (χ4n) is 2.76. The highest BCUT2D eigenvalue weighted by atomic mass is 16.3. The van der Waals surface area contributed by atoms with Gasteiger partial charge in [0.1, 0.15) is 18.2 Å². The highest BCUT2D eigenvalue weighted by Gasteiger charge is 2.14. The lowest BCUT2D eigenvalue weighted by Gasteiger charge is -2.08. The number of oxazole rings is 1. The highest BCUT2D eigenvalue weighted by Crippen LogP contribution is 2.30. The number of nitrogens with zero attached hydrogens (tertiary/aromatic N) is 4. The minimum Gasteiger partial charge on any atom is -0.436 e. The molecule has 0 unspecified atom stereocenters. The van der Waals surface area contributed by atoms with Crippen molar-refractivity contribution in [1.82, 2.24) is 19.7 Å². The van der Waals surface area contributed by atoms with Crippen molar-refractivity contribution in [2.75, 3.05) is 0 Å². The van der Waals surface area contributed by atoms with Gasteiger partial charge in [-0.3, -0.25) is 4.57 Å². The zero-order valence-electron chi connectivity index (χ0n) is 13.2. The van der Waals surface area contributed by atoms with E-state index in [0.29, 0.717) is 5.89 Å². The molecule has 0 amide bonds. The van der Waals surface area contributed by atoms with Crippen LogP contribution in [0.1, 0.15) is 16.7 Å². The first-order valence-electron chi connectivity index (χ1n) is 7.46. The van der Waals surface area contributed by atoms with Crippen LogP contribution in [0.4, 0.5) is 0 Å². The summed E-state index contributed by atoms with van der Waals surface area (Å²) < 4.78 is 7.88. The minimum absolute atomic E-state index is 0.637. The van der Waals surface area contributed by atoms with E-state index in [9.17, 15) is 0 Å². The van der Waals surface area contributed by atoms with E-state index in [0.717, 1.165) is 27.9 Å². The third-order valence-electron chi connectivity index (χ3n) is 4.24. The van der Waals surface area contributed by atoms with Crippen molar-refractivity contribution < 1.29 is 4.42 Å². The number of aromatic nitrogens is 4. The Bertz CT molecular complexity index is 960. The van der Waals surface area contributed by atoms with Crippen LogP contribution in [0, 0.1) is 20.8 Å². The quantitative estimate of drug-likeness (QED) is 0.561. The van der Waals surface area contributed by atoms with E-state index < -0.39 is 0 Å². The number of hydrogen-bond acceptors (Lipinski definition) is 4. The van der Waals surface area contributed by atoms with Gasteiger partial charge in [-0.2, -0.15) is 0 Å². The molecule has 0 spiro atoms. The standard InChI is InChI=1S/C18H16N4O/c1-11-7-15-17(8-12(11)2)23-18(21-15)14-5-4-6-16(13(14)3)22-9-19-20-10-22/h4-10H,1-3H3. The fourth-order valence-corrected chi connectivity index (χ4v) is 2.76. The van der Waals surface area contributed by atoms with Gasteiger partial charge in [-0.05, 0) is 61.7 Å². The SMILES string of the molecule is Cc1cc2nc(-c3cccc(-n4cnnc4)c3C)oc2cc1C. The topological polar surface area (TPSA) is 56.7 Å². The Kier molecular flexibility index (Phi) is 3.01. The van der Waals surface area contributed by atoms with Gasteiger partial charge in [0, 0.05) is 5.56 Å². The molecule has 5 nitrogen and oxygen atoms in total. The number of hydrogen-bond donors (Lipinski definition) is 0. The van der Waals surface area contributed by atoms with Crippen molar-refractivity contribution in [3.8, 4) is 17.1 Å². The molecule has 0 N–H and O–H groups in total. The van der Waals surface area contributed by atoms with Gasteiger partial charge in [-0.15, -0.1) is 10.2 Å². The summed E-state index contributed by atoms with van der Waals surface area (Å²) in [7, 11) is 0. The average molecular weight is 304 g/mol. The first kappa shape index (κ1) is 13.7. The molecule has 0 aliphatic rings. The lowest BCUT2D eigenvalue weighted by atomic mass is 10.1. The molecule has 2 aromatic heterocycles. The Morgan fingerprint density at radius 1 is 0.957 bits per heavy atom.